The number of carbonyl (C=O) groups is 2. The Morgan fingerprint density at radius 2 is 1.45 bits per heavy atom. The van der Waals surface area contributed by atoms with E-state index in [4.69, 9.17) is 4.74 Å². The number of Topliss-reactive ketones (excluding diaryl/α,β-unsaturated/α-hetero) is 1. The van der Waals surface area contributed by atoms with Gasteiger partial charge in [0.15, 0.2) is 5.78 Å². The van der Waals surface area contributed by atoms with Crippen LogP contribution >= 0.6 is 0 Å². The number of urea groups is 1. The smallest absolute Gasteiger partial charge is 0.315 e. The number of fused-ring (bicyclic) bond motifs is 1. The van der Waals surface area contributed by atoms with Gasteiger partial charge in [0, 0.05) is 24.5 Å². The van der Waals surface area contributed by atoms with E-state index < -0.39 is 0 Å². The van der Waals surface area contributed by atoms with Crippen molar-refractivity contribution in [1.82, 2.24) is 20.9 Å². The number of nitrogens with one attached hydrogen (secondary N) is 3. The molecule has 0 spiro atoms. The zero-order valence-electron chi connectivity index (χ0n) is 42.7. The maximum absolute atomic E-state index is 13.4. The Labute approximate surface area is 373 Å². The van der Waals surface area contributed by atoms with E-state index in [0.717, 1.165) is 74.5 Å². The molecule has 7 heteroatoms. The topological polar surface area (TPSA) is 82.7 Å². The normalized spacial score (nSPS) is 20.7. The Bertz CT molecular complexity index is 1300. The molecule has 3 fully saturated rings. The summed E-state index contributed by atoms with van der Waals surface area (Å²) in [5, 5.41) is 9.82. The molecule has 0 bridgehead atoms. The van der Waals surface area contributed by atoms with Crippen molar-refractivity contribution < 1.29 is 14.3 Å². The first-order chi connectivity index (χ1) is 28.0. The molecule has 1 saturated heterocycles. The van der Waals surface area contributed by atoms with Crippen LogP contribution in [0.4, 0.5) is 4.79 Å². The zero-order chi connectivity index (χ0) is 47.0. The van der Waals surface area contributed by atoms with Gasteiger partial charge in [-0.25, -0.2) is 4.79 Å². The number of ether oxygens (including phenoxy) is 1. The Balaban J connectivity index is 0. The number of nitrogens with zero attached hydrogens (tertiary/aromatic N) is 1. The molecule has 2 saturated carbocycles. The second kappa shape index (κ2) is 29.4. The highest BCUT2D eigenvalue weighted by atomic mass is 16.5. The minimum absolute atomic E-state index is 0.0955. The van der Waals surface area contributed by atoms with Crippen molar-refractivity contribution in [3.05, 3.63) is 61.7 Å². The molecule has 2 aliphatic carbocycles. The highest BCUT2D eigenvalue weighted by Gasteiger charge is 2.68. The second-order valence-corrected chi connectivity index (χ2v) is 19.6. The molecule has 60 heavy (non-hydrogen) atoms. The number of hydrogen-bond donors (Lipinski definition) is 3. The van der Waals surface area contributed by atoms with E-state index in [9.17, 15) is 9.59 Å². The van der Waals surface area contributed by atoms with Crippen molar-refractivity contribution in [2.75, 3.05) is 19.7 Å². The Morgan fingerprint density at radius 3 is 1.90 bits per heavy atom. The van der Waals surface area contributed by atoms with Crippen LogP contribution in [-0.4, -0.2) is 54.5 Å². The lowest BCUT2D eigenvalue weighted by Crippen LogP contribution is -2.58. The van der Waals surface area contributed by atoms with Gasteiger partial charge in [0.05, 0.1) is 23.9 Å². The van der Waals surface area contributed by atoms with Crippen LogP contribution in [0.5, 0.6) is 0 Å². The summed E-state index contributed by atoms with van der Waals surface area (Å²) in [6.07, 6.45) is 14.7. The van der Waals surface area contributed by atoms with Crippen molar-refractivity contribution in [2.24, 2.45) is 39.9 Å². The van der Waals surface area contributed by atoms with Crippen molar-refractivity contribution in [2.45, 2.75) is 206 Å². The summed E-state index contributed by atoms with van der Waals surface area (Å²) in [6.45, 7) is 58.1. The van der Waals surface area contributed by atoms with E-state index in [-0.39, 0.29) is 46.2 Å². The predicted octanol–water partition coefficient (Wildman–Crippen LogP) is 14.2. The summed E-state index contributed by atoms with van der Waals surface area (Å²) in [7, 11) is 0. The first-order valence-electron chi connectivity index (χ1n) is 24.0. The number of rotatable bonds is 20. The summed E-state index contributed by atoms with van der Waals surface area (Å²) < 4.78 is 5.68. The molecule has 0 radical (unpaired) electrons. The molecule has 6 atom stereocenters. The third-order valence-electron chi connectivity index (χ3n) is 12.9. The molecular weight excluding hydrogens is 741 g/mol. The summed E-state index contributed by atoms with van der Waals surface area (Å²) in [6, 6.07) is -0.768. The van der Waals surface area contributed by atoms with E-state index in [2.05, 4.69) is 130 Å². The van der Waals surface area contributed by atoms with Crippen LogP contribution in [0.25, 0.3) is 0 Å². The molecule has 7 nitrogen and oxygen atoms in total. The van der Waals surface area contributed by atoms with E-state index in [1.54, 1.807) is 6.92 Å². The molecule has 3 rings (SSSR count). The van der Waals surface area contributed by atoms with Crippen molar-refractivity contribution in [3.8, 4) is 0 Å². The van der Waals surface area contributed by atoms with Gasteiger partial charge < -0.3 is 25.6 Å². The summed E-state index contributed by atoms with van der Waals surface area (Å²) >= 11 is 0. The fourth-order valence-electron chi connectivity index (χ4n) is 8.17. The lowest BCUT2D eigenvalue weighted by Gasteiger charge is -2.46. The summed E-state index contributed by atoms with van der Waals surface area (Å²) in [5.74, 6) is 3.13. The van der Waals surface area contributed by atoms with E-state index in [0.29, 0.717) is 30.1 Å². The number of hydrogen-bond acceptors (Lipinski definition) is 5. The third kappa shape index (κ3) is 19.8. The molecular formula is C53H100N4O3. The molecule has 2 amide bonds. The average Bonchev–Trinajstić information content (AvgIpc) is 3.49. The molecule has 3 aliphatic rings. The first-order valence-corrected chi connectivity index (χ1v) is 24.0. The molecule has 4 unspecified atom stereocenters. The van der Waals surface area contributed by atoms with Gasteiger partial charge >= 0.3 is 6.03 Å². The Kier molecular flexibility index (Phi) is 28.9. The molecule has 1 aliphatic heterocycles. The highest BCUT2D eigenvalue weighted by Crippen LogP contribution is 2.65. The minimum atomic E-state index is -0.229. The molecule has 350 valence electrons. The molecule has 1 heterocycles. The molecule has 0 aromatic heterocycles. The number of amides is 2. The van der Waals surface area contributed by atoms with Crippen LogP contribution in [-0.2, 0) is 9.53 Å². The molecule has 0 aromatic carbocycles. The molecule has 3 N–H and O–H groups in total. The van der Waals surface area contributed by atoms with Crippen LogP contribution in [0, 0.1) is 39.9 Å². The standard InChI is InChI=1S/C29H49N3O3.C15H27N.C5H12.2C2H6/c1-18(2)35-17-22(27(5,6)7)30-26(34)31-25(29(10)14-12-11-13-15-29)19(3)32-16-21-23(28(21,8)9)24(32)20(4)33;1-6-8-10-12-16-15(5)14(4)13(3)11-9-7-2;1-4-5(2)3;2*1-2/h21-25H,1,3,11-17H2,2,4-10H3,(H2,30,31,34);6,13,16H,1,4-5,7-12H2,2-3H3;5H,4H2,1-3H3;2*1-2H3/t21-,22?,23-,24?,25?;;;;/m0..../s1. The number of carbonyl (C=O) groups excluding carboxylic acids is 2. The highest BCUT2D eigenvalue weighted by molar-refractivity contribution is 5.83. The van der Waals surface area contributed by atoms with E-state index in [1.807, 2.05) is 40.7 Å². The minimum Gasteiger partial charge on any atom is -0.497 e. The lowest BCUT2D eigenvalue weighted by atomic mass is 9.69. The SMILES string of the molecule is C=C(C)OCC(NC(=O)NC(C(=C)N1C[C@H]2[C@@H](C1C(C)=O)C2(C)C)C1(C)CCCCC1)C(C)(C)C.C=CCCCNC(=C)C(=C)C(C)CCCC.CC.CC.CCC(C)C. The monoisotopic (exact) mass is 841 g/mol. The fourth-order valence-corrected chi connectivity index (χ4v) is 8.17. The van der Waals surface area contributed by atoms with Crippen molar-refractivity contribution in [3.63, 3.8) is 0 Å². The van der Waals surface area contributed by atoms with Crippen molar-refractivity contribution >= 4 is 11.8 Å². The Morgan fingerprint density at radius 1 is 0.900 bits per heavy atom. The summed E-state index contributed by atoms with van der Waals surface area (Å²) in [4.78, 5) is 28.4. The molecule has 0 aromatic rings. The van der Waals surface area contributed by atoms with Crippen LogP contribution in [0.1, 0.15) is 188 Å². The number of ketones is 1. The van der Waals surface area contributed by atoms with Crippen molar-refractivity contribution in [1.29, 1.82) is 0 Å². The zero-order valence-corrected chi connectivity index (χ0v) is 42.7. The third-order valence-corrected chi connectivity index (χ3v) is 12.9. The second-order valence-electron chi connectivity index (χ2n) is 19.6. The number of allylic oxidation sites excluding steroid dienone is 3. The van der Waals surface area contributed by atoms with Gasteiger partial charge in [0.25, 0.3) is 0 Å². The largest absolute Gasteiger partial charge is 0.497 e. The number of unbranched alkanes of at least 4 members (excludes halogenated alkanes) is 2. The van der Waals surface area contributed by atoms with Gasteiger partial charge in [-0.1, -0.05) is 175 Å². The maximum atomic E-state index is 13.4. The first kappa shape index (κ1) is 59.1. The average molecular weight is 841 g/mol. The van der Waals surface area contributed by atoms with Crippen LogP contribution in [0.2, 0.25) is 0 Å². The van der Waals surface area contributed by atoms with Gasteiger partial charge in [-0.15, -0.1) is 6.58 Å². The van der Waals surface area contributed by atoms with E-state index >= 15 is 0 Å². The quantitative estimate of drug-likeness (QED) is 0.0492. The number of likely N-dealkylation sites (tertiary alicyclic amines) is 1. The van der Waals surface area contributed by atoms with Crippen LogP contribution in [0.3, 0.4) is 0 Å². The predicted molar refractivity (Wildman–Crippen MR) is 264 cm³/mol. The van der Waals surface area contributed by atoms with Gasteiger partial charge in [0.1, 0.15) is 6.61 Å². The van der Waals surface area contributed by atoms with E-state index in [1.165, 1.54) is 32.1 Å². The summed E-state index contributed by atoms with van der Waals surface area (Å²) in [5.41, 5.74) is 2.97. The van der Waals surface area contributed by atoms with Gasteiger partial charge in [-0.2, -0.15) is 0 Å². The fraction of sp³-hybridized carbons (Fsp3) is 0.774. The Hall–Kier alpha value is -2.96. The van der Waals surface area contributed by atoms with Gasteiger partial charge in [0.2, 0.25) is 0 Å². The van der Waals surface area contributed by atoms with Gasteiger partial charge in [-0.3, -0.25) is 4.79 Å². The lowest BCUT2D eigenvalue weighted by molar-refractivity contribution is -0.122. The van der Waals surface area contributed by atoms with Crippen LogP contribution in [0.15, 0.2) is 61.7 Å². The maximum Gasteiger partial charge on any atom is 0.315 e. The number of piperidine rings is 1. The van der Waals surface area contributed by atoms with Crippen LogP contribution < -0.4 is 16.0 Å². The van der Waals surface area contributed by atoms with Gasteiger partial charge in [-0.05, 0) is 91.4 Å².